The van der Waals surface area contributed by atoms with Crippen LogP contribution in [0.5, 0.6) is 0 Å². The minimum atomic E-state index is 0.264. The molecule has 0 aromatic heterocycles. The van der Waals surface area contributed by atoms with Gasteiger partial charge in [0, 0.05) is 19.1 Å². The molecule has 0 aromatic carbocycles. The third-order valence-corrected chi connectivity index (χ3v) is 3.26. The normalized spacial score (nSPS) is 22.3. The topological polar surface area (TPSA) is 46.3 Å². The first-order valence-electron chi connectivity index (χ1n) is 4.86. The number of carbonyl (C=O) groups excluding carboxylic acids is 1. The molecule has 1 rings (SSSR count). The lowest BCUT2D eigenvalue weighted by Gasteiger charge is -2.23. The summed E-state index contributed by atoms with van der Waals surface area (Å²) in [6.07, 6.45) is 2.20. The Morgan fingerprint density at radius 2 is 2.46 bits per heavy atom. The number of hydrogen-bond donors (Lipinski definition) is 1. The van der Waals surface area contributed by atoms with Crippen molar-refractivity contribution in [2.45, 2.75) is 25.8 Å². The highest BCUT2D eigenvalue weighted by Gasteiger charge is 2.26. The predicted molar refractivity (Wildman–Crippen MR) is 56.8 cm³/mol. The van der Waals surface area contributed by atoms with Gasteiger partial charge in [-0.1, -0.05) is 6.92 Å². The fraction of sp³-hybridized carbons (Fsp3) is 0.889. The lowest BCUT2D eigenvalue weighted by Crippen LogP contribution is -2.40. The number of likely N-dealkylation sites (tertiary alicyclic amines) is 1. The molecule has 1 aliphatic heterocycles. The van der Waals surface area contributed by atoms with Gasteiger partial charge >= 0.3 is 0 Å². The standard InChI is InChI=1S/C9H18N2OS/c1-2-13-7-9(12)11-5-3-4-8(11)6-10/h8H,2-7,10H2,1H3. The summed E-state index contributed by atoms with van der Waals surface area (Å²) in [5.74, 6) is 1.89. The third-order valence-electron chi connectivity index (χ3n) is 2.40. The number of hydrogen-bond acceptors (Lipinski definition) is 3. The van der Waals surface area contributed by atoms with E-state index in [1.165, 1.54) is 0 Å². The average molecular weight is 202 g/mol. The van der Waals surface area contributed by atoms with Crippen molar-refractivity contribution in [3.05, 3.63) is 0 Å². The van der Waals surface area contributed by atoms with Crippen LogP contribution in [0.15, 0.2) is 0 Å². The van der Waals surface area contributed by atoms with Crippen LogP contribution in [-0.4, -0.2) is 41.4 Å². The zero-order valence-corrected chi connectivity index (χ0v) is 8.98. The lowest BCUT2D eigenvalue weighted by atomic mass is 10.2. The summed E-state index contributed by atoms with van der Waals surface area (Å²) in [6.45, 7) is 3.59. The molecule has 0 spiro atoms. The van der Waals surface area contributed by atoms with Gasteiger partial charge in [-0.25, -0.2) is 0 Å². The fourth-order valence-electron chi connectivity index (χ4n) is 1.68. The summed E-state index contributed by atoms with van der Waals surface area (Å²) >= 11 is 1.68. The van der Waals surface area contributed by atoms with Gasteiger partial charge < -0.3 is 10.6 Å². The largest absolute Gasteiger partial charge is 0.338 e. The Morgan fingerprint density at radius 1 is 1.69 bits per heavy atom. The summed E-state index contributed by atoms with van der Waals surface area (Å²) in [6, 6.07) is 0.310. The van der Waals surface area contributed by atoms with Crippen molar-refractivity contribution in [1.29, 1.82) is 0 Å². The first kappa shape index (κ1) is 10.9. The predicted octanol–water partition coefficient (Wildman–Crippen LogP) is 0.689. The monoisotopic (exact) mass is 202 g/mol. The number of rotatable bonds is 4. The molecule has 0 bridgehead atoms. The van der Waals surface area contributed by atoms with Gasteiger partial charge in [-0.2, -0.15) is 11.8 Å². The van der Waals surface area contributed by atoms with Crippen LogP contribution in [0.2, 0.25) is 0 Å². The third kappa shape index (κ3) is 2.88. The molecule has 13 heavy (non-hydrogen) atoms. The van der Waals surface area contributed by atoms with Crippen molar-refractivity contribution in [2.75, 3.05) is 24.6 Å². The Kier molecular flexibility index (Phi) is 4.59. The van der Waals surface area contributed by atoms with Crippen LogP contribution in [0.4, 0.5) is 0 Å². The molecule has 2 N–H and O–H groups in total. The molecule has 1 aliphatic rings. The van der Waals surface area contributed by atoms with E-state index < -0.39 is 0 Å². The number of nitrogens with two attached hydrogens (primary N) is 1. The second-order valence-corrected chi connectivity index (χ2v) is 4.53. The summed E-state index contributed by atoms with van der Waals surface area (Å²) in [5, 5.41) is 0. The molecular weight excluding hydrogens is 184 g/mol. The first-order chi connectivity index (χ1) is 6.29. The molecule has 0 radical (unpaired) electrons. The molecule has 0 aliphatic carbocycles. The molecular formula is C9H18N2OS. The van der Waals surface area contributed by atoms with Crippen LogP contribution in [-0.2, 0) is 4.79 Å². The van der Waals surface area contributed by atoms with Gasteiger partial charge in [-0.05, 0) is 18.6 Å². The highest BCUT2D eigenvalue weighted by Crippen LogP contribution is 2.17. The quantitative estimate of drug-likeness (QED) is 0.729. The van der Waals surface area contributed by atoms with E-state index in [4.69, 9.17) is 5.73 Å². The van der Waals surface area contributed by atoms with Crippen LogP contribution >= 0.6 is 11.8 Å². The van der Waals surface area contributed by atoms with Crippen molar-refractivity contribution < 1.29 is 4.79 Å². The Morgan fingerprint density at radius 3 is 3.08 bits per heavy atom. The van der Waals surface area contributed by atoms with Crippen molar-refractivity contribution in [3.63, 3.8) is 0 Å². The molecule has 4 heteroatoms. The summed E-state index contributed by atoms with van der Waals surface area (Å²) in [7, 11) is 0. The van der Waals surface area contributed by atoms with Gasteiger partial charge in [0.05, 0.1) is 5.75 Å². The molecule has 1 saturated heterocycles. The van der Waals surface area contributed by atoms with Crippen LogP contribution < -0.4 is 5.73 Å². The number of thioether (sulfide) groups is 1. The van der Waals surface area contributed by atoms with E-state index in [1.54, 1.807) is 11.8 Å². The van der Waals surface area contributed by atoms with Crippen molar-refractivity contribution in [1.82, 2.24) is 4.90 Å². The molecule has 0 saturated carbocycles. The van der Waals surface area contributed by atoms with E-state index in [9.17, 15) is 4.79 Å². The average Bonchev–Trinajstić information content (AvgIpc) is 2.61. The first-order valence-corrected chi connectivity index (χ1v) is 6.02. The van der Waals surface area contributed by atoms with E-state index in [0.29, 0.717) is 18.3 Å². The van der Waals surface area contributed by atoms with E-state index in [1.807, 2.05) is 4.90 Å². The van der Waals surface area contributed by atoms with Crippen molar-refractivity contribution in [3.8, 4) is 0 Å². The maximum absolute atomic E-state index is 11.6. The fourth-order valence-corrected chi connectivity index (χ4v) is 2.23. The zero-order chi connectivity index (χ0) is 9.68. The smallest absolute Gasteiger partial charge is 0.232 e. The molecule has 1 unspecified atom stereocenters. The van der Waals surface area contributed by atoms with E-state index in [2.05, 4.69) is 6.92 Å². The summed E-state index contributed by atoms with van der Waals surface area (Å²) in [5.41, 5.74) is 5.59. The SMILES string of the molecule is CCSCC(=O)N1CCCC1CN. The molecule has 1 heterocycles. The second kappa shape index (κ2) is 5.50. The Hall–Kier alpha value is -0.220. The summed E-state index contributed by atoms with van der Waals surface area (Å²) in [4.78, 5) is 13.6. The minimum Gasteiger partial charge on any atom is -0.338 e. The van der Waals surface area contributed by atoms with Gasteiger partial charge in [0.1, 0.15) is 0 Å². The number of amides is 1. The van der Waals surface area contributed by atoms with Crippen LogP contribution in [0, 0.1) is 0 Å². The molecule has 1 atom stereocenters. The maximum Gasteiger partial charge on any atom is 0.232 e. The lowest BCUT2D eigenvalue weighted by molar-refractivity contribution is -0.128. The number of nitrogens with zero attached hydrogens (tertiary/aromatic N) is 1. The summed E-state index contributed by atoms with van der Waals surface area (Å²) < 4.78 is 0. The van der Waals surface area contributed by atoms with Crippen molar-refractivity contribution in [2.24, 2.45) is 5.73 Å². The highest BCUT2D eigenvalue weighted by molar-refractivity contribution is 7.99. The minimum absolute atomic E-state index is 0.264. The van der Waals surface area contributed by atoms with Gasteiger partial charge in [-0.3, -0.25) is 4.79 Å². The van der Waals surface area contributed by atoms with Crippen LogP contribution in [0.3, 0.4) is 0 Å². The number of carbonyl (C=O) groups is 1. The molecule has 1 amide bonds. The Balaban J connectivity index is 2.36. The van der Waals surface area contributed by atoms with Gasteiger partial charge in [0.2, 0.25) is 5.91 Å². The highest BCUT2D eigenvalue weighted by atomic mass is 32.2. The zero-order valence-electron chi connectivity index (χ0n) is 8.16. The van der Waals surface area contributed by atoms with Gasteiger partial charge in [-0.15, -0.1) is 0 Å². The molecule has 3 nitrogen and oxygen atoms in total. The van der Waals surface area contributed by atoms with Crippen LogP contribution in [0.1, 0.15) is 19.8 Å². The van der Waals surface area contributed by atoms with E-state index >= 15 is 0 Å². The van der Waals surface area contributed by atoms with E-state index in [-0.39, 0.29) is 5.91 Å². The Bertz CT molecular complexity index is 175. The van der Waals surface area contributed by atoms with E-state index in [0.717, 1.165) is 25.1 Å². The van der Waals surface area contributed by atoms with Gasteiger partial charge in [0.15, 0.2) is 0 Å². The van der Waals surface area contributed by atoms with Gasteiger partial charge in [0.25, 0.3) is 0 Å². The molecule has 76 valence electrons. The van der Waals surface area contributed by atoms with Crippen molar-refractivity contribution >= 4 is 17.7 Å². The Labute approximate surface area is 84.0 Å². The molecule has 0 aromatic rings. The maximum atomic E-state index is 11.6. The molecule has 1 fully saturated rings. The van der Waals surface area contributed by atoms with Crippen LogP contribution in [0.25, 0.3) is 0 Å². The second-order valence-electron chi connectivity index (χ2n) is 3.26.